The second-order valence-corrected chi connectivity index (χ2v) is 5.13. The zero-order valence-corrected chi connectivity index (χ0v) is 10.9. The Morgan fingerprint density at radius 2 is 1.87 bits per heavy atom. The van der Waals surface area contributed by atoms with E-state index in [2.05, 4.69) is 32.7 Å². The molecular weight excluding hydrogens is 190 g/mol. The van der Waals surface area contributed by atoms with Gasteiger partial charge in [-0.1, -0.05) is 0 Å². The van der Waals surface area contributed by atoms with Gasteiger partial charge in [-0.3, -0.25) is 0 Å². The molecule has 0 saturated carbocycles. The van der Waals surface area contributed by atoms with Gasteiger partial charge in [-0.15, -0.1) is 0 Å². The number of aliphatic hydroxyl groups is 1. The van der Waals surface area contributed by atoms with E-state index in [9.17, 15) is 0 Å². The SMILES string of the molecule is COC(CO)CCCCN(C)C(C)(C)C. The van der Waals surface area contributed by atoms with E-state index in [0.29, 0.717) is 0 Å². The minimum absolute atomic E-state index is 0.0185. The molecule has 0 aliphatic carbocycles. The Bertz CT molecular complexity index is 150. The summed E-state index contributed by atoms with van der Waals surface area (Å²) in [6.07, 6.45) is 3.24. The summed E-state index contributed by atoms with van der Waals surface area (Å²) >= 11 is 0. The molecular formula is C12H27NO2. The minimum atomic E-state index is 0.0185. The summed E-state index contributed by atoms with van der Waals surface area (Å²) < 4.78 is 5.11. The van der Waals surface area contributed by atoms with Crippen LogP contribution in [0.3, 0.4) is 0 Å². The van der Waals surface area contributed by atoms with Crippen molar-refractivity contribution in [2.24, 2.45) is 0 Å². The minimum Gasteiger partial charge on any atom is -0.394 e. The van der Waals surface area contributed by atoms with Gasteiger partial charge in [0.2, 0.25) is 0 Å². The lowest BCUT2D eigenvalue weighted by Gasteiger charge is -2.31. The number of aliphatic hydroxyl groups excluding tert-OH is 1. The van der Waals surface area contributed by atoms with Crippen LogP contribution in [0.25, 0.3) is 0 Å². The maximum absolute atomic E-state index is 8.93. The van der Waals surface area contributed by atoms with Crippen molar-refractivity contribution in [3.8, 4) is 0 Å². The molecule has 92 valence electrons. The second-order valence-electron chi connectivity index (χ2n) is 5.13. The van der Waals surface area contributed by atoms with Crippen molar-refractivity contribution in [1.82, 2.24) is 4.90 Å². The predicted molar refractivity (Wildman–Crippen MR) is 64.1 cm³/mol. The lowest BCUT2D eigenvalue weighted by atomic mass is 10.1. The number of methoxy groups -OCH3 is 1. The van der Waals surface area contributed by atoms with Crippen LogP contribution in [-0.2, 0) is 4.74 Å². The molecule has 1 N–H and O–H groups in total. The number of ether oxygens (including phenoxy) is 1. The fraction of sp³-hybridized carbons (Fsp3) is 1.00. The molecule has 0 aliphatic rings. The Balaban J connectivity index is 3.54. The first kappa shape index (κ1) is 14.9. The van der Waals surface area contributed by atoms with Crippen molar-refractivity contribution in [2.75, 3.05) is 27.3 Å². The van der Waals surface area contributed by atoms with E-state index in [4.69, 9.17) is 9.84 Å². The molecule has 0 saturated heterocycles. The van der Waals surface area contributed by atoms with E-state index in [0.717, 1.165) is 25.8 Å². The van der Waals surface area contributed by atoms with Crippen LogP contribution in [0.5, 0.6) is 0 Å². The number of hydrogen-bond donors (Lipinski definition) is 1. The summed E-state index contributed by atoms with van der Waals surface area (Å²) in [4.78, 5) is 2.35. The van der Waals surface area contributed by atoms with Crippen molar-refractivity contribution >= 4 is 0 Å². The molecule has 0 amide bonds. The first-order valence-electron chi connectivity index (χ1n) is 5.76. The Kier molecular flexibility index (Phi) is 7.14. The molecule has 0 radical (unpaired) electrons. The Morgan fingerprint density at radius 1 is 1.27 bits per heavy atom. The molecule has 0 aromatic rings. The van der Waals surface area contributed by atoms with Gasteiger partial charge in [0.1, 0.15) is 0 Å². The van der Waals surface area contributed by atoms with Gasteiger partial charge in [0.25, 0.3) is 0 Å². The van der Waals surface area contributed by atoms with Crippen molar-refractivity contribution in [2.45, 2.75) is 51.7 Å². The third-order valence-corrected chi connectivity index (χ3v) is 2.95. The summed E-state index contributed by atoms with van der Waals surface area (Å²) in [5.74, 6) is 0. The monoisotopic (exact) mass is 217 g/mol. The number of hydrogen-bond acceptors (Lipinski definition) is 3. The summed E-state index contributed by atoms with van der Waals surface area (Å²) in [6.45, 7) is 7.90. The normalized spacial score (nSPS) is 14.6. The maximum Gasteiger partial charge on any atom is 0.0802 e. The van der Waals surface area contributed by atoms with Crippen LogP contribution in [0.4, 0.5) is 0 Å². The van der Waals surface area contributed by atoms with Gasteiger partial charge in [-0.05, 0) is 53.6 Å². The highest BCUT2D eigenvalue weighted by Gasteiger charge is 2.16. The van der Waals surface area contributed by atoms with E-state index >= 15 is 0 Å². The van der Waals surface area contributed by atoms with E-state index in [1.807, 2.05) is 0 Å². The Hall–Kier alpha value is -0.120. The Labute approximate surface area is 94.4 Å². The zero-order chi connectivity index (χ0) is 11.9. The molecule has 0 heterocycles. The van der Waals surface area contributed by atoms with Crippen LogP contribution in [0.2, 0.25) is 0 Å². The lowest BCUT2D eigenvalue weighted by molar-refractivity contribution is 0.0406. The van der Waals surface area contributed by atoms with Gasteiger partial charge in [0, 0.05) is 12.6 Å². The summed E-state index contributed by atoms with van der Waals surface area (Å²) in [7, 11) is 3.81. The Morgan fingerprint density at radius 3 is 2.27 bits per heavy atom. The van der Waals surface area contributed by atoms with Crippen molar-refractivity contribution in [1.29, 1.82) is 0 Å². The maximum atomic E-state index is 8.93. The smallest absolute Gasteiger partial charge is 0.0802 e. The van der Waals surface area contributed by atoms with Gasteiger partial charge in [0.15, 0.2) is 0 Å². The standard InChI is InChI=1S/C12H27NO2/c1-12(2,3)13(4)9-7-6-8-11(10-14)15-5/h11,14H,6-10H2,1-5H3. The molecule has 1 unspecified atom stereocenters. The molecule has 0 rings (SSSR count). The average molecular weight is 217 g/mol. The van der Waals surface area contributed by atoms with Crippen LogP contribution in [0.15, 0.2) is 0 Å². The summed E-state index contributed by atoms with van der Waals surface area (Å²) in [5, 5.41) is 8.93. The molecule has 0 fully saturated rings. The number of unbranched alkanes of at least 4 members (excludes halogenated alkanes) is 1. The largest absolute Gasteiger partial charge is 0.394 e. The van der Waals surface area contributed by atoms with Gasteiger partial charge in [-0.2, -0.15) is 0 Å². The molecule has 0 aromatic carbocycles. The second kappa shape index (κ2) is 7.20. The van der Waals surface area contributed by atoms with Crippen molar-refractivity contribution < 1.29 is 9.84 Å². The molecule has 1 atom stereocenters. The van der Waals surface area contributed by atoms with Crippen LogP contribution >= 0.6 is 0 Å². The summed E-state index contributed by atoms with van der Waals surface area (Å²) in [5.41, 5.74) is 0.248. The molecule has 0 aromatic heterocycles. The fourth-order valence-corrected chi connectivity index (χ4v) is 1.34. The molecule has 3 nitrogen and oxygen atoms in total. The number of nitrogens with zero attached hydrogens (tertiary/aromatic N) is 1. The van der Waals surface area contributed by atoms with Crippen LogP contribution in [0.1, 0.15) is 40.0 Å². The molecule has 0 bridgehead atoms. The highest BCUT2D eigenvalue weighted by atomic mass is 16.5. The quantitative estimate of drug-likeness (QED) is 0.661. The highest BCUT2D eigenvalue weighted by molar-refractivity contribution is 4.72. The van der Waals surface area contributed by atoms with E-state index in [-0.39, 0.29) is 18.2 Å². The molecule has 15 heavy (non-hydrogen) atoms. The number of rotatable bonds is 7. The van der Waals surface area contributed by atoms with Crippen LogP contribution < -0.4 is 0 Å². The first-order chi connectivity index (χ1) is 6.91. The van der Waals surface area contributed by atoms with E-state index in [1.165, 1.54) is 0 Å². The summed E-state index contributed by atoms with van der Waals surface area (Å²) in [6, 6.07) is 0. The molecule has 0 spiro atoms. The average Bonchev–Trinajstić information content (AvgIpc) is 2.16. The molecule has 0 aliphatic heterocycles. The van der Waals surface area contributed by atoms with Gasteiger partial charge in [0.05, 0.1) is 12.7 Å². The van der Waals surface area contributed by atoms with Crippen LogP contribution in [-0.4, -0.2) is 49.0 Å². The van der Waals surface area contributed by atoms with Crippen LogP contribution in [0, 0.1) is 0 Å². The van der Waals surface area contributed by atoms with E-state index < -0.39 is 0 Å². The third kappa shape index (κ3) is 6.88. The zero-order valence-electron chi connectivity index (χ0n) is 10.9. The lowest BCUT2D eigenvalue weighted by Crippen LogP contribution is -2.38. The van der Waals surface area contributed by atoms with Gasteiger partial charge in [-0.25, -0.2) is 0 Å². The van der Waals surface area contributed by atoms with Gasteiger partial charge < -0.3 is 14.7 Å². The first-order valence-corrected chi connectivity index (χ1v) is 5.76. The fourth-order valence-electron chi connectivity index (χ4n) is 1.34. The predicted octanol–water partition coefficient (Wildman–Crippen LogP) is 1.89. The topological polar surface area (TPSA) is 32.7 Å². The third-order valence-electron chi connectivity index (χ3n) is 2.95. The molecule has 3 heteroatoms. The van der Waals surface area contributed by atoms with Gasteiger partial charge >= 0.3 is 0 Å². The highest BCUT2D eigenvalue weighted by Crippen LogP contribution is 2.12. The van der Waals surface area contributed by atoms with Crippen molar-refractivity contribution in [3.05, 3.63) is 0 Å². The van der Waals surface area contributed by atoms with Crippen molar-refractivity contribution in [3.63, 3.8) is 0 Å². The van der Waals surface area contributed by atoms with E-state index in [1.54, 1.807) is 7.11 Å².